The molecule has 2 aromatic rings. The summed E-state index contributed by atoms with van der Waals surface area (Å²) in [5.41, 5.74) is 1.94. The molecular formula is C19H23N3O6. The molecule has 1 unspecified atom stereocenters. The predicted octanol–water partition coefficient (Wildman–Crippen LogP) is 2.70. The Labute approximate surface area is 162 Å². The molecule has 0 aliphatic rings. The molecule has 28 heavy (non-hydrogen) atoms. The number of nitro benzene ring substituents is 1. The summed E-state index contributed by atoms with van der Waals surface area (Å²) in [7, 11) is 0. The monoisotopic (exact) mass is 389 g/mol. The van der Waals surface area contributed by atoms with Gasteiger partial charge in [-0.05, 0) is 48.9 Å². The van der Waals surface area contributed by atoms with Gasteiger partial charge in [0, 0.05) is 36.6 Å². The van der Waals surface area contributed by atoms with Crippen LogP contribution in [0.4, 0.5) is 21.9 Å². The lowest BCUT2D eigenvalue weighted by atomic mass is 10.1. The average Bonchev–Trinajstić information content (AvgIpc) is 2.68. The molecular weight excluding hydrogens is 366 g/mol. The number of nitro groups is 1. The first-order valence-electron chi connectivity index (χ1n) is 8.73. The summed E-state index contributed by atoms with van der Waals surface area (Å²) in [4.78, 5) is 24.1. The van der Waals surface area contributed by atoms with Gasteiger partial charge in [0.2, 0.25) is 0 Å². The van der Waals surface area contributed by atoms with Gasteiger partial charge in [0.1, 0.15) is 6.10 Å². The zero-order chi connectivity index (χ0) is 20.5. The van der Waals surface area contributed by atoms with E-state index in [9.17, 15) is 14.9 Å². The van der Waals surface area contributed by atoms with Crippen LogP contribution in [0.25, 0.3) is 0 Å². The van der Waals surface area contributed by atoms with Crippen LogP contribution in [0.3, 0.4) is 0 Å². The van der Waals surface area contributed by atoms with Crippen LogP contribution in [0, 0.1) is 10.1 Å². The Hall–Kier alpha value is -3.17. The maximum atomic E-state index is 12.1. The number of rotatable bonds is 9. The van der Waals surface area contributed by atoms with Gasteiger partial charge < -0.3 is 19.8 Å². The number of hydrogen-bond donors (Lipinski definition) is 3. The van der Waals surface area contributed by atoms with E-state index in [0.717, 1.165) is 5.69 Å². The first-order valence-corrected chi connectivity index (χ1v) is 8.73. The second-order valence-corrected chi connectivity index (χ2v) is 6.00. The number of aliphatic hydroxyl groups is 2. The quantitative estimate of drug-likeness (QED) is 0.445. The standard InChI is InChI=1S/C19H23N3O6/c1-14(15-2-6-18(7-3-15)22(26)27)28-19(25)20-16-4-8-17(9-5-16)21(10-12-23)11-13-24/h2-9,14,23-24H,10-13H2,1H3,(H,20,25). The normalized spacial score (nSPS) is 11.5. The number of carbonyl (C=O) groups excluding carboxylic acids is 1. The fourth-order valence-corrected chi connectivity index (χ4v) is 2.61. The Bertz CT molecular complexity index is 773. The van der Waals surface area contributed by atoms with Crippen molar-refractivity contribution >= 4 is 23.2 Å². The highest BCUT2D eigenvalue weighted by molar-refractivity contribution is 5.85. The molecule has 3 N–H and O–H groups in total. The molecule has 9 nitrogen and oxygen atoms in total. The highest BCUT2D eigenvalue weighted by Crippen LogP contribution is 2.22. The van der Waals surface area contributed by atoms with E-state index in [4.69, 9.17) is 14.9 Å². The zero-order valence-corrected chi connectivity index (χ0v) is 15.4. The molecule has 0 fully saturated rings. The van der Waals surface area contributed by atoms with Gasteiger partial charge in [-0.25, -0.2) is 4.79 Å². The van der Waals surface area contributed by atoms with E-state index in [0.29, 0.717) is 24.3 Å². The maximum Gasteiger partial charge on any atom is 0.412 e. The van der Waals surface area contributed by atoms with Crippen LogP contribution in [-0.4, -0.2) is 47.5 Å². The summed E-state index contributed by atoms with van der Waals surface area (Å²) in [5.74, 6) is 0. The van der Waals surface area contributed by atoms with Gasteiger partial charge >= 0.3 is 6.09 Å². The van der Waals surface area contributed by atoms with Crippen molar-refractivity contribution in [3.63, 3.8) is 0 Å². The highest BCUT2D eigenvalue weighted by Gasteiger charge is 2.14. The van der Waals surface area contributed by atoms with E-state index in [1.54, 1.807) is 43.3 Å². The van der Waals surface area contributed by atoms with Gasteiger partial charge in [-0.2, -0.15) is 0 Å². The third-order valence-electron chi connectivity index (χ3n) is 4.08. The Balaban J connectivity index is 1.93. The molecule has 0 spiro atoms. The van der Waals surface area contributed by atoms with Crippen molar-refractivity contribution in [2.45, 2.75) is 13.0 Å². The number of aliphatic hydroxyl groups excluding tert-OH is 2. The van der Waals surface area contributed by atoms with Crippen LogP contribution >= 0.6 is 0 Å². The van der Waals surface area contributed by atoms with Gasteiger partial charge in [-0.3, -0.25) is 15.4 Å². The molecule has 0 saturated carbocycles. The second kappa shape index (κ2) is 10.2. The molecule has 1 amide bonds. The summed E-state index contributed by atoms with van der Waals surface area (Å²) in [5, 5.41) is 31.5. The smallest absolute Gasteiger partial charge is 0.412 e. The zero-order valence-electron chi connectivity index (χ0n) is 15.4. The van der Waals surface area contributed by atoms with Crippen LogP contribution in [0.15, 0.2) is 48.5 Å². The van der Waals surface area contributed by atoms with Crippen LogP contribution in [0.5, 0.6) is 0 Å². The lowest BCUT2D eigenvalue weighted by Crippen LogP contribution is -2.29. The third-order valence-corrected chi connectivity index (χ3v) is 4.08. The molecule has 0 saturated heterocycles. The summed E-state index contributed by atoms with van der Waals surface area (Å²) in [6.45, 7) is 2.38. The number of carbonyl (C=O) groups is 1. The van der Waals surface area contributed by atoms with Crippen molar-refractivity contribution in [2.24, 2.45) is 0 Å². The number of benzene rings is 2. The Morgan fingerprint density at radius 3 is 2.18 bits per heavy atom. The van der Waals surface area contributed by atoms with Crippen molar-refractivity contribution in [3.8, 4) is 0 Å². The number of nitrogens with zero attached hydrogens (tertiary/aromatic N) is 2. The lowest BCUT2D eigenvalue weighted by molar-refractivity contribution is -0.384. The third kappa shape index (κ3) is 5.93. The SMILES string of the molecule is CC(OC(=O)Nc1ccc(N(CCO)CCO)cc1)c1ccc([N+](=O)[O-])cc1. The van der Waals surface area contributed by atoms with Crippen molar-refractivity contribution in [1.82, 2.24) is 0 Å². The number of amides is 1. The van der Waals surface area contributed by atoms with E-state index in [-0.39, 0.29) is 18.9 Å². The van der Waals surface area contributed by atoms with E-state index >= 15 is 0 Å². The number of non-ortho nitro benzene ring substituents is 1. The average molecular weight is 389 g/mol. The van der Waals surface area contributed by atoms with Gasteiger partial charge in [0.05, 0.1) is 18.1 Å². The van der Waals surface area contributed by atoms with Crippen molar-refractivity contribution in [1.29, 1.82) is 0 Å². The summed E-state index contributed by atoms with van der Waals surface area (Å²) < 4.78 is 5.30. The van der Waals surface area contributed by atoms with Crippen LogP contribution in [0.1, 0.15) is 18.6 Å². The molecule has 0 heterocycles. The molecule has 2 rings (SSSR count). The number of hydrogen-bond acceptors (Lipinski definition) is 7. The maximum absolute atomic E-state index is 12.1. The fraction of sp³-hybridized carbons (Fsp3) is 0.316. The summed E-state index contributed by atoms with van der Waals surface area (Å²) in [6, 6.07) is 12.7. The fourth-order valence-electron chi connectivity index (χ4n) is 2.61. The molecule has 0 aromatic heterocycles. The molecule has 150 valence electrons. The van der Waals surface area contributed by atoms with Crippen LogP contribution in [-0.2, 0) is 4.74 Å². The van der Waals surface area contributed by atoms with E-state index in [1.165, 1.54) is 12.1 Å². The largest absolute Gasteiger partial charge is 0.441 e. The van der Waals surface area contributed by atoms with Crippen molar-refractivity contribution < 1.29 is 24.7 Å². The van der Waals surface area contributed by atoms with Crippen molar-refractivity contribution in [2.75, 3.05) is 36.5 Å². The molecule has 9 heteroatoms. The minimum atomic E-state index is -0.652. The first-order chi connectivity index (χ1) is 13.4. The predicted molar refractivity (Wildman–Crippen MR) is 104 cm³/mol. The molecule has 0 radical (unpaired) electrons. The second-order valence-electron chi connectivity index (χ2n) is 6.00. The lowest BCUT2D eigenvalue weighted by Gasteiger charge is -2.23. The number of anilines is 2. The van der Waals surface area contributed by atoms with E-state index < -0.39 is 17.1 Å². The van der Waals surface area contributed by atoms with Gasteiger partial charge in [-0.15, -0.1) is 0 Å². The highest BCUT2D eigenvalue weighted by atomic mass is 16.6. The molecule has 0 aliphatic heterocycles. The van der Waals surface area contributed by atoms with Gasteiger partial charge in [0.15, 0.2) is 0 Å². The summed E-state index contributed by atoms with van der Waals surface area (Å²) in [6.07, 6.45) is -1.23. The number of ether oxygens (including phenoxy) is 1. The molecule has 0 bridgehead atoms. The minimum absolute atomic E-state index is 0.0306. The van der Waals surface area contributed by atoms with Gasteiger partial charge in [-0.1, -0.05) is 0 Å². The minimum Gasteiger partial charge on any atom is -0.441 e. The van der Waals surface area contributed by atoms with Crippen LogP contribution in [0.2, 0.25) is 0 Å². The van der Waals surface area contributed by atoms with E-state index in [1.807, 2.05) is 4.90 Å². The summed E-state index contributed by atoms with van der Waals surface area (Å²) >= 11 is 0. The van der Waals surface area contributed by atoms with Gasteiger partial charge in [0.25, 0.3) is 5.69 Å². The first kappa shape index (κ1) is 21.1. The Kier molecular flexibility index (Phi) is 7.73. The molecule has 2 aromatic carbocycles. The van der Waals surface area contributed by atoms with E-state index in [2.05, 4.69) is 5.32 Å². The Morgan fingerprint density at radius 2 is 1.68 bits per heavy atom. The Morgan fingerprint density at radius 1 is 1.11 bits per heavy atom. The number of nitrogens with one attached hydrogen (secondary N) is 1. The molecule has 1 atom stereocenters. The van der Waals surface area contributed by atoms with Crippen LogP contribution < -0.4 is 10.2 Å². The molecule has 0 aliphatic carbocycles. The topological polar surface area (TPSA) is 125 Å². The van der Waals surface area contributed by atoms with Crippen molar-refractivity contribution in [3.05, 3.63) is 64.2 Å².